The maximum Gasteiger partial charge on any atom is 0.258 e. The number of carbonyl (C=O) groups is 1. The van der Waals surface area contributed by atoms with Crippen LogP contribution in [0.5, 0.6) is 5.75 Å². The van der Waals surface area contributed by atoms with E-state index in [1.54, 1.807) is 13.8 Å². The van der Waals surface area contributed by atoms with Crippen LogP contribution in [0, 0.1) is 0 Å². The minimum atomic E-state index is -3.74. The molecular weight excluding hydrogens is 340 g/mol. The van der Waals surface area contributed by atoms with Crippen molar-refractivity contribution < 1.29 is 17.9 Å². The summed E-state index contributed by atoms with van der Waals surface area (Å²) in [5.74, 6) is -0.277. The number of halogens is 1. The van der Waals surface area contributed by atoms with Crippen LogP contribution in [0.4, 0.5) is 0 Å². The number of nitrogens with one attached hydrogen (secondary N) is 1. The third-order valence-corrected chi connectivity index (χ3v) is 5.34. The zero-order chi connectivity index (χ0) is 17.5. The van der Waals surface area contributed by atoms with Crippen molar-refractivity contribution in [3.8, 4) is 5.75 Å². The molecule has 8 heteroatoms. The van der Waals surface area contributed by atoms with Crippen LogP contribution in [0.15, 0.2) is 35.7 Å². The Bertz CT molecular complexity index is 657. The van der Waals surface area contributed by atoms with E-state index < -0.39 is 10.0 Å². The number of rotatable bonds is 9. The van der Waals surface area contributed by atoms with E-state index in [1.807, 2.05) is 0 Å². The number of carbonyl (C=O) groups excluding carboxylic acids is 1. The fourth-order valence-electron chi connectivity index (χ4n) is 1.89. The minimum Gasteiger partial charge on any atom is -0.482 e. The van der Waals surface area contributed by atoms with Crippen LogP contribution in [-0.4, -0.2) is 44.9 Å². The Morgan fingerprint density at radius 2 is 2.04 bits per heavy atom. The highest BCUT2D eigenvalue weighted by Crippen LogP contribution is 2.29. The normalized spacial score (nSPS) is 11.3. The SMILES string of the molecule is C=CCNC(=O)COc1ccc(Cl)cc1S(=O)(=O)N(CC)CC. The fourth-order valence-corrected chi connectivity index (χ4v) is 3.74. The molecule has 1 rings (SSSR count). The number of benzene rings is 1. The van der Waals surface area contributed by atoms with Crippen LogP contribution in [-0.2, 0) is 14.8 Å². The summed E-state index contributed by atoms with van der Waals surface area (Å²) in [5.41, 5.74) is 0. The first-order chi connectivity index (χ1) is 10.9. The Morgan fingerprint density at radius 1 is 1.39 bits per heavy atom. The topological polar surface area (TPSA) is 75.7 Å². The lowest BCUT2D eigenvalue weighted by Crippen LogP contribution is -2.32. The molecule has 23 heavy (non-hydrogen) atoms. The average Bonchev–Trinajstić information content (AvgIpc) is 2.52. The number of amides is 1. The molecule has 1 amide bonds. The van der Waals surface area contributed by atoms with E-state index in [9.17, 15) is 13.2 Å². The monoisotopic (exact) mass is 360 g/mol. The summed E-state index contributed by atoms with van der Waals surface area (Å²) in [7, 11) is -3.74. The molecule has 0 bridgehead atoms. The van der Waals surface area contributed by atoms with E-state index in [0.29, 0.717) is 19.6 Å². The standard InChI is InChI=1S/C15H21ClN2O4S/c1-4-9-17-15(19)11-22-13-8-7-12(16)10-14(13)23(20,21)18(5-2)6-3/h4,7-8,10H,1,5-6,9,11H2,2-3H3,(H,17,19). The molecule has 0 saturated heterocycles. The van der Waals surface area contributed by atoms with Gasteiger partial charge in [-0.3, -0.25) is 4.79 Å². The highest BCUT2D eigenvalue weighted by molar-refractivity contribution is 7.89. The Morgan fingerprint density at radius 3 is 2.61 bits per heavy atom. The van der Waals surface area contributed by atoms with Gasteiger partial charge in [-0.1, -0.05) is 31.5 Å². The molecule has 1 N–H and O–H groups in total. The largest absolute Gasteiger partial charge is 0.482 e. The average molecular weight is 361 g/mol. The zero-order valence-electron chi connectivity index (χ0n) is 13.2. The summed E-state index contributed by atoms with van der Waals surface area (Å²) >= 11 is 5.92. The van der Waals surface area contributed by atoms with Gasteiger partial charge >= 0.3 is 0 Å². The maximum absolute atomic E-state index is 12.7. The summed E-state index contributed by atoms with van der Waals surface area (Å²) in [6, 6.07) is 4.28. The number of nitrogens with zero attached hydrogens (tertiary/aromatic N) is 1. The van der Waals surface area contributed by atoms with Gasteiger partial charge in [-0.15, -0.1) is 6.58 Å². The van der Waals surface area contributed by atoms with Crippen LogP contribution in [0.2, 0.25) is 5.02 Å². The molecule has 0 radical (unpaired) electrons. The lowest BCUT2D eigenvalue weighted by molar-refractivity contribution is -0.122. The van der Waals surface area contributed by atoms with Gasteiger partial charge in [0.25, 0.3) is 5.91 Å². The van der Waals surface area contributed by atoms with Crippen LogP contribution >= 0.6 is 11.6 Å². The van der Waals surface area contributed by atoms with E-state index in [2.05, 4.69) is 11.9 Å². The van der Waals surface area contributed by atoms with Crippen molar-refractivity contribution in [2.24, 2.45) is 0 Å². The molecular formula is C15H21ClN2O4S. The molecule has 0 aliphatic heterocycles. The second-order valence-electron chi connectivity index (χ2n) is 4.56. The summed E-state index contributed by atoms with van der Waals surface area (Å²) in [4.78, 5) is 11.5. The fraction of sp³-hybridized carbons (Fsp3) is 0.400. The van der Waals surface area contributed by atoms with E-state index >= 15 is 0 Å². The van der Waals surface area contributed by atoms with Gasteiger partial charge < -0.3 is 10.1 Å². The van der Waals surface area contributed by atoms with E-state index in [-0.39, 0.29) is 28.2 Å². The van der Waals surface area contributed by atoms with Crippen molar-refractivity contribution in [1.29, 1.82) is 0 Å². The van der Waals surface area contributed by atoms with Gasteiger partial charge in [0, 0.05) is 24.7 Å². The van der Waals surface area contributed by atoms with Crippen molar-refractivity contribution in [2.75, 3.05) is 26.2 Å². The van der Waals surface area contributed by atoms with Crippen LogP contribution in [0.3, 0.4) is 0 Å². The molecule has 1 aromatic carbocycles. The quantitative estimate of drug-likeness (QED) is 0.684. The lowest BCUT2D eigenvalue weighted by Gasteiger charge is -2.20. The smallest absolute Gasteiger partial charge is 0.258 e. The molecule has 0 atom stereocenters. The van der Waals surface area contributed by atoms with Gasteiger partial charge in [0.15, 0.2) is 6.61 Å². The van der Waals surface area contributed by atoms with Gasteiger partial charge in [0.05, 0.1) is 0 Å². The number of hydrogen-bond donors (Lipinski definition) is 1. The number of ether oxygens (including phenoxy) is 1. The first-order valence-corrected chi connectivity index (χ1v) is 8.98. The van der Waals surface area contributed by atoms with Crippen molar-refractivity contribution in [3.05, 3.63) is 35.9 Å². The van der Waals surface area contributed by atoms with Crippen LogP contribution in [0.25, 0.3) is 0 Å². The van der Waals surface area contributed by atoms with Gasteiger partial charge in [0.2, 0.25) is 10.0 Å². The lowest BCUT2D eigenvalue weighted by atomic mass is 10.3. The Hall–Kier alpha value is -1.57. The van der Waals surface area contributed by atoms with Gasteiger partial charge in [-0.05, 0) is 18.2 Å². The van der Waals surface area contributed by atoms with Crippen LogP contribution in [0.1, 0.15) is 13.8 Å². The molecule has 1 aromatic rings. The van der Waals surface area contributed by atoms with Crippen molar-refractivity contribution in [3.63, 3.8) is 0 Å². The molecule has 0 unspecified atom stereocenters. The molecule has 0 spiro atoms. The van der Waals surface area contributed by atoms with Gasteiger partial charge in [-0.2, -0.15) is 4.31 Å². The summed E-state index contributed by atoms with van der Waals surface area (Å²) in [6.45, 7) is 7.65. The van der Waals surface area contributed by atoms with Gasteiger partial charge in [0.1, 0.15) is 10.6 Å². The molecule has 0 aromatic heterocycles. The Kier molecular flexibility index (Phi) is 7.54. The van der Waals surface area contributed by atoms with Gasteiger partial charge in [-0.25, -0.2) is 8.42 Å². The molecule has 0 saturated carbocycles. The summed E-state index contributed by atoms with van der Waals surface area (Å²) in [5, 5.41) is 2.83. The summed E-state index contributed by atoms with van der Waals surface area (Å²) < 4.78 is 32.0. The predicted molar refractivity (Wildman–Crippen MR) is 90.3 cm³/mol. The Balaban J connectivity index is 3.06. The molecule has 6 nitrogen and oxygen atoms in total. The molecule has 0 aliphatic carbocycles. The summed E-state index contributed by atoms with van der Waals surface area (Å²) in [6.07, 6.45) is 1.54. The molecule has 0 heterocycles. The van der Waals surface area contributed by atoms with Crippen molar-refractivity contribution in [2.45, 2.75) is 18.7 Å². The third-order valence-electron chi connectivity index (χ3n) is 3.03. The number of hydrogen-bond acceptors (Lipinski definition) is 4. The van der Waals surface area contributed by atoms with E-state index in [4.69, 9.17) is 16.3 Å². The second-order valence-corrected chi connectivity index (χ2v) is 6.90. The maximum atomic E-state index is 12.7. The second kappa shape index (κ2) is 8.90. The predicted octanol–water partition coefficient (Wildman–Crippen LogP) is 2.05. The first kappa shape index (κ1) is 19.5. The van der Waals surface area contributed by atoms with E-state index in [1.165, 1.54) is 28.6 Å². The molecule has 0 fully saturated rings. The van der Waals surface area contributed by atoms with E-state index in [0.717, 1.165) is 0 Å². The highest BCUT2D eigenvalue weighted by atomic mass is 35.5. The minimum absolute atomic E-state index is 0.0507. The zero-order valence-corrected chi connectivity index (χ0v) is 14.8. The Labute approximate surface area is 142 Å². The first-order valence-electron chi connectivity index (χ1n) is 7.16. The molecule has 0 aliphatic rings. The third kappa shape index (κ3) is 5.23. The number of sulfonamides is 1. The molecule has 128 valence electrons. The highest BCUT2D eigenvalue weighted by Gasteiger charge is 2.26. The van der Waals surface area contributed by atoms with Crippen molar-refractivity contribution >= 4 is 27.5 Å². The van der Waals surface area contributed by atoms with Crippen LogP contribution < -0.4 is 10.1 Å². The van der Waals surface area contributed by atoms with Crippen molar-refractivity contribution in [1.82, 2.24) is 9.62 Å².